The first-order chi connectivity index (χ1) is 7.22. The topological polar surface area (TPSA) is 55.4 Å². The zero-order chi connectivity index (χ0) is 10.5. The van der Waals surface area contributed by atoms with E-state index in [1.165, 1.54) is 0 Å². The molecule has 1 saturated heterocycles. The second-order valence-electron chi connectivity index (χ2n) is 3.83. The van der Waals surface area contributed by atoms with Gasteiger partial charge in [-0.2, -0.15) is 0 Å². The molecule has 2 amide bonds. The predicted molar refractivity (Wildman–Crippen MR) is 51.1 cm³/mol. The first-order valence-corrected chi connectivity index (χ1v) is 4.85. The van der Waals surface area contributed by atoms with Gasteiger partial charge in [-0.05, 0) is 12.0 Å². The highest BCUT2D eigenvalue weighted by Crippen LogP contribution is 2.42. The Morgan fingerprint density at radius 3 is 2.80 bits per heavy atom. The molecule has 1 aliphatic heterocycles. The zero-order valence-corrected chi connectivity index (χ0v) is 7.95. The number of rotatable bonds is 0. The summed E-state index contributed by atoms with van der Waals surface area (Å²) in [4.78, 5) is 22.8. The monoisotopic (exact) mass is 203 g/mol. The molecule has 2 aliphatic rings. The Kier molecular flexibility index (Phi) is 1.46. The number of imide groups is 1. The Hall–Kier alpha value is -1.84. The molecule has 1 fully saturated rings. The van der Waals surface area contributed by atoms with E-state index in [1.54, 1.807) is 0 Å². The van der Waals surface area contributed by atoms with Crippen LogP contribution in [0.25, 0.3) is 0 Å². The molecule has 1 unspecified atom stereocenters. The maximum atomic E-state index is 11.7. The lowest BCUT2D eigenvalue weighted by Gasteiger charge is -2.19. The van der Waals surface area contributed by atoms with Gasteiger partial charge < -0.3 is 4.74 Å². The van der Waals surface area contributed by atoms with Crippen LogP contribution in [0, 0.1) is 0 Å². The molecule has 0 saturated carbocycles. The van der Waals surface area contributed by atoms with Gasteiger partial charge in [-0.25, -0.2) is 4.79 Å². The van der Waals surface area contributed by atoms with Crippen molar-refractivity contribution in [3.05, 3.63) is 35.4 Å². The highest BCUT2D eigenvalue weighted by molar-refractivity contribution is 6.04. The van der Waals surface area contributed by atoms with Gasteiger partial charge in [0.2, 0.25) is 5.60 Å². The third kappa shape index (κ3) is 0.960. The molecule has 1 aromatic carbocycles. The van der Waals surface area contributed by atoms with Crippen molar-refractivity contribution in [1.29, 1.82) is 0 Å². The maximum Gasteiger partial charge on any atom is 0.415 e. The fourth-order valence-corrected chi connectivity index (χ4v) is 2.34. The highest BCUT2D eigenvalue weighted by atomic mass is 16.6. The second kappa shape index (κ2) is 2.59. The van der Waals surface area contributed by atoms with Crippen LogP contribution in [0.5, 0.6) is 0 Å². The number of alkyl carbamates (subject to hydrolysis) is 1. The van der Waals surface area contributed by atoms with Crippen LogP contribution in [-0.2, 0) is 21.6 Å². The third-order valence-electron chi connectivity index (χ3n) is 3.05. The van der Waals surface area contributed by atoms with Gasteiger partial charge in [-0.3, -0.25) is 10.1 Å². The number of hydrogen-bond donors (Lipinski definition) is 1. The van der Waals surface area contributed by atoms with Crippen LogP contribution in [-0.4, -0.2) is 12.0 Å². The Balaban J connectivity index is 2.17. The summed E-state index contributed by atoms with van der Waals surface area (Å²) in [5.74, 6) is -0.336. The minimum Gasteiger partial charge on any atom is -0.427 e. The molecule has 4 nitrogen and oxygen atoms in total. The van der Waals surface area contributed by atoms with E-state index >= 15 is 0 Å². The molecule has 1 spiro atoms. The van der Waals surface area contributed by atoms with Gasteiger partial charge in [0.1, 0.15) is 0 Å². The average Bonchev–Trinajstić information content (AvgIpc) is 2.72. The van der Waals surface area contributed by atoms with E-state index in [0.29, 0.717) is 6.42 Å². The van der Waals surface area contributed by atoms with Crippen molar-refractivity contribution < 1.29 is 14.3 Å². The number of carbonyl (C=O) groups excluding carboxylic acids is 2. The number of amides is 2. The lowest BCUT2D eigenvalue weighted by molar-refractivity contribution is -0.131. The number of nitrogens with one attached hydrogen (secondary N) is 1. The van der Waals surface area contributed by atoms with Crippen molar-refractivity contribution in [1.82, 2.24) is 5.32 Å². The Bertz CT molecular complexity index is 469. The molecule has 3 rings (SSSR count). The van der Waals surface area contributed by atoms with Gasteiger partial charge in [-0.1, -0.05) is 24.3 Å². The summed E-state index contributed by atoms with van der Waals surface area (Å²) in [6, 6.07) is 7.59. The van der Waals surface area contributed by atoms with Gasteiger partial charge in [-0.15, -0.1) is 0 Å². The van der Waals surface area contributed by atoms with E-state index < -0.39 is 11.7 Å². The Morgan fingerprint density at radius 1 is 1.27 bits per heavy atom. The molecule has 0 aromatic heterocycles. The lowest BCUT2D eigenvalue weighted by Crippen LogP contribution is -2.34. The first kappa shape index (κ1) is 8.47. The number of ether oxygens (including phenoxy) is 1. The normalized spacial score (nSPS) is 27.7. The third-order valence-corrected chi connectivity index (χ3v) is 3.05. The highest BCUT2D eigenvalue weighted by Gasteiger charge is 2.53. The van der Waals surface area contributed by atoms with Crippen LogP contribution in [0.4, 0.5) is 4.79 Å². The summed E-state index contributed by atoms with van der Waals surface area (Å²) in [5, 5.41) is 2.19. The van der Waals surface area contributed by atoms with Crippen molar-refractivity contribution >= 4 is 12.0 Å². The van der Waals surface area contributed by atoms with E-state index in [0.717, 1.165) is 17.5 Å². The van der Waals surface area contributed by atoms with Gasteiger partial charge in [0.25, 0.3) is 5.91 Å². The van der Waals surface area contributed by atoms with Crippen LogP contribution in [0.15, 0.2) is 24.3 Å². The largest absolute Gasteiger partial charge is 0.427 e. The van der Waals surface area contributed by atoms with Gasteiger partial charge in [0.05, 0.1) is 0 Å². The van der Waals surface area contributed by atoms with Gasteiger partial charge in [0.15, 0.2) is 0 Å². The standard InChI is InChI=1S/C11H9NO3/c13-9-11(15-10(14)12-9)6-5-7-3-1-2-4-8(7)11/h1-4H,5-6H2,(H,12,13,14). The van der Waals surface area contributed by atoms with E-state index in [4.69, 9.17) is 4.74 Å². The molecule has 1 aliphatic carbocycles. The number of carbonyl (C=O) groups is 2. The molecule has 1 atom stereocenters. The van der Waals surface area contributed by atoms with Crippen LogP contribution in [0.2, 0.25) is 0 Å². The fourth-order valence-electron chi connectivity index (χ4n) is 2.34. The molecule has 4 heteroatoms. The van der Waals surface area contributed by atoms with Crippen molar-refractivity contribution in [2.75, 3.05) is 0 Å². The minimum atomic E-state index is -1.05. The number of benzene rings is 1. The smallest absolute Gasteiger partial charge is 0.415 e. The van der Waals surface area contributed by atoms with Crippen molar-refractivity contribution in [2.24, 2.45) is 0 Å². The van der Waals surface area contributed by atoms with E-state index in [9.17, 15) is 9.59 Å². The van der Waals surface area contributed by atoms with Crippen molar-refractivity contribution in [3.63, 3.8) is 0 Å². The summed E-state index contributed by atoms with van der Waals surface area (Å²) >= 11 is 0. The van der Waals surface area contributed by atoms with Crippen LogP contribution < -0.4 is 5.32 Å². The number of aryl methyl sites for hydroxylation is 1. The van der Waals surface area contributed by atoms with Gasteiger partial charge in [0, 0.05) is 12.0 Å². The summed E-state index contributed by atoms with van der Waals surface area (Å²) in [6.07, 6.45) is 0.678. The van der Waals surface area contributed by atoms with Crippen molar-refractivity contribution in [2.45, 2.75) is 18.4 Å². The summed E-state index contributed by atoms with van der Waals surface area (Å²) < 4.78 is 5.15. The lowest BCUT2D eigenvalue weighted by atomic mass is 9.95. The van der Waals surface area contributed by atoms with Crippen LogP contribution in [0.3, 0.4) is 0 Å². The Morgan fingerprint density at radius 2 is 2.07 bits per heavy atom. The van der Waals surface area contributed by atoms with E-state index in [1.807, 2.05) is 24.3 Å². The van der Waals surface area contributed by atoms with E-state index in [2.05, 4.69) is 5.32 Å². The molecule has 0 bridgehead atoms. The Labute approximate surface area is 86.2 Å². The SMILES string of the molecule is O=C1NC(=O)C2(CCc3ccccc32)O1. The quantitative estimate of drug-likeness (QED) is 0.686. The summed E-state index contributed by atoms with van der Waals surface area (Å²) in [7, 11) is 0. The number of fused-ring (bicyclic) bond motifs is 2. The molecule has 0 radical (unpaired) electrons. The molecular formula is C11H9NO3. The van der Waals surface area contributed by atoms with E-state index in [-0.39, 0.29) is 5.91 Å². The number of hydrogen-bond acceptors (Lipinski definition) is 3. The van der Waals surface area contributed by atoms with Crippen LogP contribution >= 0.6 is 0 Å². The molecule has 1 N–H and O–H groups in total. The molecule has 76 valence electrons. The van der Waals surface area contributed by atoms with Crippen LogP contribution in [0.1, 0.15) is 17.5 Å². The van der Waals surface area contributed by atoms with Gasteiger partial charge >= 0.3 is 6.09 Å². The summed E-state index contributed by atoms with van der Waals surface area (Å²) in [6.45, 7) is 0. The zero-order valence-electron chi connectivity index (χ0n) is 7.95. The van der Waals surface area contributed by atoms with Crippen molar-refractivity contribution in [3.8, 4) is 0 Å². The molecule has 1 heterocycles. The molecular weight excluding hydrogens is 194 g/mol. The second-order valence-corrected chi connectivity index (χ2v) is 3.83. The predicted octanol–water partition coefficient (Wildman–Crippen LogP) is 1.09. The fraction of sp³-hybridized carbons (Fsp3) is 0.273. The first-order valence-electron chi connectivity index (χ1n) is 4.85. The minimum absolute atomic E-state index is 0.336. The maximum absolute atomic E-state index is 11.7. The molecule has 15 heavy (non-hydrogen) atoms. The average molecular weight is 203 g/mol. The summed E-state index contributed by atoms with van der Waals surface area (Å²) in [5.41, 5.74) is 0.865. The molecule has 1 aromatic rings.